The Morgan fingerprint density at radius 3 is 2.21 bits per heavy atom. The predicted octanol–water partition coefficient (Wildman–Crippen LogP) is 4.87. The van der Waals surface area contributed by atoms with Crippen molar-refractivity contribution in [3.8, 4) is 5.75 Å². The third-order valence-corrected chi connectivity index (χ3v) is 3.78. The zero-order chi connectivity index (χ0) is 14.3. The van der Waals surface area contributed by atoms with Crippen LogP contribution in [0.15, 0.2) is 24.3 Å². The number of carbonyl (C=O) groups excluding carboxylic acids is 1. The average Bonchev–Trinajstić information content (AvgIpc) is 2.45. The normalized spacial score (nSPS) is 13.9. The molecule has 2 heteroatoms. The molecule has 0 N–H and O–H groups in total. The molecule has 2 nitrogen and oxygen atoms in total. The molecule has 106 valence electrons. The van der Waals surface area contributed by atoms with Crippen LogP contribution in [0.1, 0.15) is 63.2 Å². The fraction of sp³-hybridized carbons (Fsp3) is 0.588. The third-order valence-electron chi connectivity index (χ3n) is 3.78. The molecule has 1 aromatic carbocycles. The number of benzene rings is 1. The summed E-state index contributed by atoms with van der Waals surface area (Å²) in [6.07, 6.45) is 5.22. The second-order valence-corrected chi connectivity index (χ2v) is 5.47. The molecular weight excluding hydrogens is 236 g/mol. The van der Waals surface area contributed by atoms with E-state index in [0.29, 0.717) is 0 Å². The summed E-state index contributed by atoms with van der Waals surface area (Å²) in [5.74, 6) is 1.06. The zero-order valence-electron chi connectivity index (χ0n) is 12.7. The zero-order valence-corrected chi connectivity index (χ0v) is 12.7. The van der Waals surface area contributed by atoms with Crippen molar-refractivity contribution >= 4 is 5.78 Å². The molecule has 1 rings (SSSR count). The average molecular weight is 262 g/mol. The Balaban J connectivity index is 2.90. The largest absolute Gasteiger partial charge is 0.497 e. The van der Waals surface area contributed by atoms with Gasteiger partial charge in [-0.2, -0.15) is 0 Å². The monoisotopic (exact) mass is 262 g/mol. The van der Waals surface area contributed by atoms with Crippen molar-refractivity contribution in [2.45, 2.75) is 52.9 Å². The van der Waals surface area contributed by atoms with E-state index in [0.717, 1.165) is 43.4 Å². The van der Waals surface area contributed by atoms with E-state index in [-0.39, 0.29) is 11.2 Å². The molecule has 0 radical (unpaired) electrons. The van der Waals surface area contributed by atoms with Crippen LogP contribution in [-0.4, -0.2) is 12.9 Å². The standard InChI is InChI=1S/C17H26O2/c1-5-7-13-17(3,12-6-2)16(18)14-8-10-15(19-4)11-9-14/h8-11H,5-7,12-13H2,1-4H3. The molecule has 1 unspecified atom stereocenters. The Hall–Kier alpha value is -1.31. The fourth-order valence-electron chi connectivity index (χ4n) is 2.56. The van der Waals surface area contributed by atoms with Gasteiger partial charge in [0.1, 0.15) is 5.75 Å². The SMILES string of the molecule is CCCCC(C)(CCC)C(=O)c1ccc(OC)cc1. The van der Waals surface area contributed by atoms with Crippen LogP contribution >= 0.6 is 0 Å². The molecular formula is C17H26O2. The van der Waals surface area contributed by atoms with Gasteiger partial charge >= 0.3 is 0 Å². The smallest absolute Gasteiger partial charge is 0.168 e. The number of hydrogen-bond donors (Lipinski definition) is 0. The van der Waals surface area contributed by atoms with Crippen LogP contribution in [0.5, 0.6) is 5.75 Å². The lowest BCUT2D eigenvalue weighted by molar-refractivity contribution is 0.0781. The molecule has 0 saturated carbocycles. The topological polar surface area (TPSA) is 26.3 Å². The molecule has 0 bridgehead atoms. The number of hydrogen-bond acceptors (Lipinski definition) is 2. The minimum atomic E-state index is -0.223. The van der Waals surface area contributed by atoms with Crippen molar-refractivity contribution in [1.82, 2.24) is 0 Å². The van der Waals surface area contributed by atoms with E-state index >= 15 is 0 Å². The maximum Gasteiger partial charge on any atom is 0.168 e. The molecule has 0 aliphatic carbocycles. The molecule has 1 aromatic rings. The summed E-state index contributed by atoms with van der Waals surface area (Å²) in [4.78, 5) is 12.7. The van der Waals surface area contributed by atoms with Crippen LogP contribution in [0.3, 0.4) is 0 Å². The van der Waals surface area contributed by atoms with Crippen molar-refractivity contribution in [3.63, 3.8) is 0 Å². The van der Waals surface area contributed by atoms with Crippen molar-refractivity contribution in [1.29, 1.82) is 0 Å². The number of carbonyl (C=O) groups is 1. The van der Waals surface area contributed by atoms with Crippen LogP contribution in [0, 0.1) is 5.41 Å². The Kier molecular flexibility index (Phi) is 6.07. The summed E-state index contributed by atoms with van der Waals surface area (Å²) in [7, 11) is 1.64. The van der Waals surface area contributed by atoms with E-state index in [9.17, 15) is 4.79 Å². The van der Waals surface area contributed by atoms with Gasteiger partial charge in [-0.3, -0.25) is 4.79 Å². The number of methoxy groups -OCH3 is 1. The minimum absolute atomic E-state index is 0.223. The van der Waals surface area contributed by atoms with Crippen LogP contribution in [0.4, 0.5) is 0 Å². The van der Waals surface area contributed by atoms with Gasteiger partial charge in [-0.25, -0.2) is 0 Å². The quantitative estimate of drug-likeness (QED) is 0.624. The van der Waals surface area contributed by atoms with Crippen LogP contribution in [-0.2, 0) is 0 Å². The lowest BCUT2D eigenvalue weighted by Crippen LogP contribution is -2.28. The third kappa shape index (κ3) is 4.09. The van der Waals surface area contributed by atoms with Gasteiger partial charge in [-0.15, -0.1) is 0 Å². The Morgan fingerprint density at radius 1 is 1.11 bits per heavy atom. The summed E-state index contributed by atoms with van der Waals surface area (Å²) < 4.78 is 5.14. The highest BCUT2D eigenvalue weighted by Gasteiger charge is 2.32. The summed E-state index contributed by atoms with van der Waals surface area (Å²) in [6, 6.07) is 7.47. The first-order valence-corrected chi connectivity index (χ1v) is 7.26. The molecule has 19 heavy (non-hydrogen) atoms. The first-order chi connectivity index (χ1) is 9.07. The molecule has 0 amide bonds. The van der Waals surface area contributed by atoms with Crippen molar-refractivity contribution in [2.75, 3.05) is 7.11 Å². The first-order valence-electron chi connectivity index (χ1n) is 7.26. The molecule has 0 fully saturated rings. The number of Topliss-reactive ketones (excluding diaryl/α,β-unsaturated/α-hetero) is 1. The summed E-state index contributed by atoms with van der Waals surface area (Å²) in [5.41, 5.74) is 0.576. The molecule has 0 aromatic heterocycles. The lowest BCUT2D eigenvalue weighted by Gasteiger charge is -2.28. The Labute approximate surface area is 117 Å². The summed E-state index contributed by atoms with van der Waals surface area (Å²) in [6.45, 7) is 6.43. The first kappa shape index (κ1) is 15.7. The van der Waals surface area contributed by atoms with E-state index in [1.165, 1.54) is 0 Å². The number of unbranched alkanes of at least 4 members (excludes halogenated alkanes) is 1. The molecule has 0 aliphatic heterocycles. The Morgan fingerprint density at radius 2 is 1.74 bits per heavy atom. The van der Waals surface area contributed by atoms with Crippen LogP contribution < -0.4 is 4.74 Å². The molecule has 0 spiro atoms. The highest BCUT2D eigenvalue weighted by atomic mass is 16.5. The summed E-state index contributed by atoms with van der Waals surface area (Å²) in [5, 5.41) is 0. The van der Waals surface area contributed by atoms with Crippen molar-refractivity contribution in [3.05, 3.63) is 29.8 Å². The van der Waals surface area contributed by atoms with Gasteiger partial charge in [0.25, 0.3) is 0 Å². The van der Waals surface area contributed by atoms with Crippen molar-refractivity contribution in [2.24, 2.45) is 5.41 Å². The molecule has 0 saturated heterocycles. The highest BCUT2D eigenvalue weighted by Crippen LogP contribution is 2.34. The predicted molar refractivity (Wildman–Crippen MR) is 79.9 cm³/mol. The fourth-order valence-corrected chi connectivity index (χ4v) is 2.56. The van der Waals surface area contributed by atoms with Crippen molar-refractivity contribution < 1.29 is 9.53 Å². The number of ketones is 1. The van der Waals surface area contributed by atoms with Gasteiger partial charge in [-0.1, -0.05) is 40.0 Å². The summed E-state index contributed by atoms with van der Waals surface area (Å²) >= 11 is 0. The van der Waals surface area contributed by atoms with E-state index < -0.39 is 0 Å². The second kappa shape index (κ2) is 7.32. The van der Waals surface area contributed by atoms with E-state index in [1.807, 2.05) is 24.3 Å². The lowest BCUT2D eigenvalue weighted by atomic mass is 9.75. The number of ether oxygens (including phenoxy) is 1. The molecule has 1 atom stereocenters. The van der Waals surface area contributed by atoms with Gasteiger partial charge < -0.3 is 4.74 Å². The Bertz CT molecular complexity index is 394. The van der Waals surface area contributed by atoms with Gasteiger partial charge in [0.05, 0.1) is 7.11 Å². The van der Waals surface area contributed by atoms with Gasteiger partial charge in [0.2, 0.25) is 0 Å². The number of rotatable bonds is 8. The highest BCUT2D eigenvalue weighted by molar-refractivity contribution is 6.00. The van der Waals surface area contributed by atoms with E-state index in [1.54, 1.807) is 7.11 Å². The van der Waals surface area contributed by atoms with E-state index in [2.05, 4.69) is 20.8 Å². The van der Waals surface area contributed by atoms with Crippen LogP contribution in [0.25, 0.3) is 0 Å². The second-order valence-electron chi connectivity index (χ2n) is 5.47. The van der Waals surface area contributed by atoms with Gasteiger partial charge in [0, 0.05) is 11.0 Å². The van der Waals surface area contributed by atoms with E-state index in [4.69, 9.17) is 4.74 Å². The molecule has 0 aliphatic rings. The van der Waals surface area contributed by atoms with Crippen LogP contribution in [0.2, 0.25) is 0 Å². The van der Waals surface area contributed by atoms with Gasteiger partial charge in [0.15, 0.2) is 5.78 Å². The molecule has 0 heterocycles. The minimum Gasteiger partial charge on any atom is -0.497 e. The van der Waals surface area contributed by atoms with Gasteiger partial charge in [-0.05, 0) is 37.1 Å². The maximum absolute atomic E-state index is 12.7. The maximum atomic E-state index is 12.7.